The molecule has 192 valence electrons. The van der Waals surface area contributed by atoms with E-state index in [1.165, 1.54) is 26.2 Å². The maximum absolute atomic E-state index is 13.4. The number of hydrogen-bond donors (Lipinski definition) is 1. The van der Waals surface area contributed by atoms with Crippen molar-refractivity contribution in [1.29, 1.82) is 0 Å². The van der Waals surface area contributed by atoms with E-state index >= 15 is 0 Å². The molecule has 1 heterocycles. The van der Waals surface area contributed by atoms with Gasteiger partial charge in [-0.25, -0.2) is 0 Å². The molecule has 1 unspecified atom stereocenters. The van der Waals surface area contributed by atoms with Gasteiger partial charge in [0, 0.05) is 17.3 Å². The first-order valence-electron chi connectivity index (χ1n) is 11.7. The Morgan fingerprint density at radius 2 is 1.54 bits per heavy atom. The smallest absolute Gasteiger partial charge is 0.300 e. The van der Waals surface area contributed by atoms with Gasteiger partial charge in [0.15, 0.2) is 11.5 Å². The summed E-state index contributed by atoms with van der Waals surface area (Å²) in [7, 11) is 4.50. The summed E-state index contributed by atoms with van der Waals surface area (Å²) in [5.74, 6) is 0.131. The van der Waals surface area contributed by atoms with Crippen molar-refractivity contribution in [3.8, 4) is 23.0 Å². The fourth-order valence-electron chi connectivity index (χ4n) is 4.31. The lowest BCUT2D eigenvalue weighted by Crippen LogP contribution is -2.29. The highest BCUT2D eigenvalue weighted by atomic mass is 16.5. The number of methoxy groups -OCH3 is 3. The first-order valence-corrected chi connectivity index (χ1v) is 11.7. The molecular formula is C29H29NO7. The lowest BCUT2D eigenvalue weighted by atomic mass is 9.95. The van der Waals surface area contributed by atoms with Crippen LogP contribution < -0.4 is 23.8 Å². The fourth-order valence-corrected chi connectivity index (χ4v) is 4.31. The van der Waals surface area contributed by atoms with Crippen LogP contribution in [-0.2, 0) is 9.59 Å². The molecular weight excluding hydrogens is 474 g/mol. The Morgan fingerprint density at radius 3 is 2.16 bits per heavy atom. The second-order valence-electron chi connectivity index (χ2n) is 8.68. The van der Waals surface area contributed by atoms with Gasteiger partial charge >= 0.3 is 0 Å². The van der Waals surface area contributed by atoms with Crippen molar-refractivity contribution < 1.29 is 33.6 Å². The van der Waals surface area contributed by atoms with Crippen LogP contribution in [0, 0.1) is 0 Å². The second-order valence-corrected chi connectivity index (χ2v) is 8.68. The number of benzene rings is 3. The Kier molecular flexibility index (Phi) is 7.38. The number of aliphatic hydroxyl groups is 1. The minimum atomic E-state index is -0.895. The van der Waals surface area contributed by atoms with E-state index in [0.717, 1.165) is 0 Å². The number of carbonyl (C=O) groups excluding carboxylic acids is 2. The average molecular weight is 504 g/mol. The highest BCUT2D eigenvalue weighted by Gasteiger charge is 2.47. The summed E-state index contributed by atoms with van der Waals surface area (Å²) < 4.78 is 21.7. The van der Waals surface area contributed by atoms with Gasteiger partial charge in [-0.05, 0) is 61.9 Å². The van der Waals surface area contributed by atoms with Crippen LogP contribution in [0.2, 0.25) is 0 Å². The van der Waals surface area contributed by atoms with Crippen molar-refractivity contribution >= 4 is 23.1 Å². The molecule has 1 N–H and O–H groups in total. The normalized spacial score (nSPS) is 16.7. The monoisotopic (exact) mass is 503 g/mol. The number of Topliss-reactive ketones (excluding diaryl/α,β-unsaturated/α-hetero) is 1. The standard InChI is InChI=1S/C29H29NO7/c1-17(2)37-21-12-9-18(10-13-21)26-25(27(31)19-11-14-23(35-4)24(15-19)36-5)28(32)29(33)30(26)20-7-6-8-22(16-20)34-3/h6-17,26,31H,1-5H3/b27-25+. The molecule has 37 heavy (non-hydrogen) atoms. The Hall–Kier alpha value is -4.46. The Labute approximate surface area is 215 Å². The van der Waals surface area contributed by atoms with E-state index < -0.39 is 17.7 Å². The van der Waals surface area contributed by atoms with E-state index in [4.69, 9.17) is 18.9 Å². The molecule has 0 radical (unpaired) electrons. The third-order valence-electron chi connectivity index (χ3n) is 6.00. The summed E-state index contributed by atoms with van der Waals surface area (Å²) in [6.07, 6.45) is -0.0154. The largest absolute Gasteiger partial charge is 0.507 e. The van der Waals surface area contributed by atoms with Gasteiger partial charge in [-0.1, -0.05) is 18.2 Å². The first-order chi connectivity index (χ1) is 17.8. The van der Waals surface area contributed by atoms with Gasteiger partial charge < -0.3 is 24.1 Å². The molecule has 3 aromatic carbocycles. The molecule has 1 fully saturated rings. The van der Waals surface area contributed by atoms with Crippen molar-refractivity contribution in [3.63, 3.8) is 0 Å². The fraction of sp³-hybridized carbons (Fsp3) is 0.241. The van der Waals surface area contributed by atoms with Gasteiger partial charge in [0.1, 0.15) is 17.3 Å². The Morgan fingerprint density at radius 1 is 0.838 bits per heavy atom. The van der Waals surface area contributed by atoms with E-state index in [-0.39, 0.29) is 17.4 Å². The lowest BCUT2D eigenvalue weighted by molar-refractivity contribution is -0.132. The van der Waals surface area contributed by atoms with Gasteiger partial charge in [-0.15, -0.1) is 0 Å². The van der Waals surface area contributed by atoms with Crippen molar-refractivity contribution in [2.24, 2.45) is 0 Å². The topological polar surface area (TPSA) is 94.5 Å². The van der Waals surface area contributed by atoms with Crippen molar-refractivity contribution in [3.05, 3.63) is 83.4 Å². The molecule has 0 aromatic heterocycles. The van der Waals surface area contributed by atoms with Gasteiger partial charge in [-0.2, -0.15) is 0 Å². The van der Waals surface area contributed by atoms with Crippen LogP contribution in [0.4, 0.5) is 5.69 Å². The van der Waals surface area contributed by atoms with Crippen LogP contribution in [-0.4, -0.2) is 44.2 Å². The average Bonchev–Trinajstić information content (AvgIpc) is 3.18. The number of carbonyl (C=O) groups is 2. The summed E-state index contributed by atoms with van der Waals surface area (Å²) >= 11 is 0. The molecule has 0 aliphatic carbocycles. The number of aliphatic hydroxyl groups excluding tert-OH is 1. The first kappa shape index (κ1) is 25.6. The summed E-state index contributed by atoms with van der Waals surface area (Å²) in [5, 5.41) is 11.4. The SMILES string of the molecule is COc1cccc(N2C(=O)C(=O)/C(=C(/O)c3ccc(OC)c(OC)c3)C2c2ccc(OC(C)C)cc2)c1. The quantitative estimate of drug-likeness (QED) is 0.259. The van der Waals surface area contributed by atoms with E-state index in [1.807, 2.05) is 13.8 Å². The number of ketones is 1. The molecule has 1 aliphatic heterocycles. The van der Waals surface area contributed by atoms with Crippen molar-refractivity contribution in [2.75, 3.05) is 26.2 Å². The third kappa shape index (κ3) is 4.95. The maximum atomic E-state index is 13.4. The molecule has 4 rings (SSSR count). The summed E-state index contributed by atoms with van der Waals surface area (Å²) in [5.41, 5.74) is 1.35. The minimum Gasteiger partial charge on any atom is -0.507 e. The molecule has 1 saturated heterocycles. The number of ether oxygens (including phenoxy) is 4. The zero-order chi connectivity index (χ0) is 26.7. The molecule has 8 heteroatoms. The van der Waals surface area contributed by atoms with Gasteiger partial charge in [0.2, 0.25) is 0 Å². The van der Waals surface area contributed by atoms with Crippen LogP contribution >= 0.6 is 0 Å². The molecule has 8 nitrogen and oxygen atoms in total. The van der Waals surface area contributed by atoms with Gasteiger partial charge in [0.25, 0.3) is 11.7 Å². The van der Waals surface area contributed by atoms with E-state index in [2.05, 4.69) is 0 Å². The molecule has 1 atom stereocenters. The van der Waals surface area contributed by atoms with Crippen molar-refractivity contribution in [1.82, 2.24) is 0 Å². The zero-order valence-electron chi connectivity index (χ0n) is 21.3. The Balaban J connectivity index is 1.90. The van der Waals surface area contributed by atoms with Crippen LogP contribution in [0.25, 0.3) is 5.76 Å². The predicted molar refractivity (Wildman–Crippen MR) is 140 cm³/mol. The summed E-state index contributed by atoms with van der Waals surface area (Å²) in [6.45, 7) is 3.85. The van der Waals surface area contributed by atoms with Gasteiger partial charge in [-0.3, -0.25) is 14.5 Å². The highest BCUT2D eigenvalue weighted by molar-refractivity contribution is 6.51. The molecule has 0 saturated carbocycles. The minimum absolute atomic E-state index is 0.0154. The third-order valence-corrected chi connectivity index (χ3v) is 6.00. The number of amides is 1. The number of nitrogens with zero attached hydrogens (tertiary/aromatic N) is 1. The van der Waals surface area contributed by atoms with E-state index in [9.17, 15) is 14.7 Å². The second kappa shape index (κ2) is 10.7. The number of hydrogen-bond acceptors (Lipinski definition) is 7. The van der Waals surface area contributed by atoms with Crippen LogP contribution in [0.1, 0.15) is 31.0 Å². The number of anilines is 1. The summed E-state index contributed by atoms with van der Waals surface area (Å²) in [4.78, 5) is 28.2. The van der Waals surface area contributed by atoms with Crippen LogP contribution in [0.5, 0.6) is 23.0 Å². The highest BCUT2D eigenvalue weighted by Crippen LogP contribution is 2.43. The zero-order valence-corrected chi connectivity index (χ0v) is 21.3. The predicted octanol–water partition coefficient (Wildman–Crippen LogP) is 5.13. The molecule has 1 amide bonds. The van der Waals surface area contributed by atoms with Gasteiger partial charge in [0.05, 0.1) is 39.0 Å². The van der Waals surface area contributed by atoms with Crippen molar-refractivity contribution in [2.45, 2.75) is 26.0 Å². The Bertz CT molecular complexity index is 1340. The molecule has 0 spiro atoms. The maximum Gasteiger partial charge on any atom is 0.300 e. The molecule has 3 aromatic rings. The van der Waals surface area contributed by atoms with Crippen LogP contribution in [0.15, 0.2) is 72.3 Å². The molecule has 1 aliphatic rings. The number of rotatable bonds is 8. The molecule has 0 bridgehead atoms. The van der Waals surface area contributed by atoms with Crippen LogP contribution in [0.3, 0.4) is 0 Å². The summed E-state index contributed by atoms with van der Waals surface area (Å²) in [6, 6.07) is 17.9. The lowest BCUT2D eigenvalue weighted by Gasteiger charge is -2.26. The van der Waals surface area contributed by atoms with E-state index in [0.29, 0.717) is 39.8 Å². The van der Waals surface area contributed by atoms with E-state index in [1.54, 1.807) is 66.7 Å².